The Morgan fingerprint density at radius 2 is 1.90 bits per heavy atom. The van der Waals surface area contributed by atoms with Crippen LogP contribution in [-0.2, 0) is 17.8 Å². The number of rotatable bonds is 5. The van der Waals surface area contributed by atoms with Crippen molar-refractivity contribution in [1.29, 1.82) is 0 Å². The first kappa shape index (κ1) is 15.7. The second-order valence-corrected chi connectivity index (χ2v) is 5.81. The molecule has 0 aromatic heterocycles. The number of esters is 1. The van der Waals surface area contributed by atoms with Crippen LogP contribution in [0.2, 0.25) is 0 Å². The summed E-state index contributed by atoms with van der Waals surface area (Å²) in [6.07, 6.45) is 0. The average Bonchev–Trinajstić information content (AvgIpc) is 2.49. The molecule has 0 heterocycles. The van der Waals surface area contributed by atoms with Crippen LogP contribution in [0, 0.1) is 0 Å². The summed E-state index contributed by atoms with van der Waals surface area (Å²) < 4.78 is 5.86. The number of ether oxygens (including phenoxy) is 1. The van der Waals surface area contributed by atoms with E-state index in [1.165, 1.54) is 12.7 Å². The maximum atomic E-state index is 11.5. The highest BCUT2D eigenvalue weighted by Crippen LogP contribution is 2.18. The van der Waals surface area contributed by atoms with Gasteiger partial charge in [0, 0.05) is 17.6 Å². The molecule has 0 amide bonds. The second-order valence-electron chi connectivity index (χ2n) is 4.96. The van der Waals surface area contributed by atoms with E-state index >= 15 is 0 Å². The Morgan fingerprint density at radius 3 is 2.62 bits per heavy atom. The first-order valence-corrected chi connectivity index (χ1v) is 7.48. The van der Waals surface area contributed by atoms with Crippen molar-refractivity contribution in [1.82, 2.24) is 4.90 Å². The van der Waals surface area contributed by atoms with Gasteiger partial charge in [0.15, 0.2) is 0 Å². The lowest BCUT2D eigenvalue weighted by atomic mass is 10.1. The molecule has 0 bridgehead atoms. The smallest absolute Gasteiger partial charge is 0.337 e. The normalized spacial score (nSPS) is 10.7. The number of hydrogen-bond acceptors (Lipinski definition) is 3. The predicted molar refractivity (Wildman–Crippen MR) is 87.1 cm³/mol. The van der Waals surface area contributed by atoms with Crippen molar-refractivity contribution in [2.45, 2.75) is 13.1 Å². The maximum Gasteiger partial charge on any atom is 0.337 e. The average molecular weight is 348 g/mol. The third kappa shape index (κ3) is 4.41. The summed E-state index contributed by atoms with van der Waals surface area (Å²) in [4.78, 5) is 13.7. The number of carbonyl (C=O) groups is 1. The van der Waals surface area contributed by atoms with Crippen LogP contribution in [0.4, 0.5) is 0 Å². The minimum Gasteiger partial charge on any atom is -0.465 e. The predicted octanol–water partition coefficient (Wildman–Crippen LogP) is 3.87. The molecule has 0 spiro atoms. The zero-order chi connectivity index (χ0) is 15.2. The van der Waals surface area contributed by atoms with Crippen LogP contribution < -0.4 is 0 Å². The molecule has 0 N–H and O–H groups in total. The van der Waals surface area contributed by atoms with Gasteiger partial charge < -0.3 is 4.74 Å². The van der Waals surface area contributed by atoms with Gasteiger partial charge in [0.05, 0.1) is 12.7 Å². The third-order valence-corrected chi connectivity index (χ3v) is 3.97. The molecule has 0 fully saturated rings. The Hall–Kier alpha value is -1.65. The zero-order valence-electron chi connectivity index (χ0n) is 12.2. The van der Waals surface area contributed by atoms with E-state index in [0.717, 1.165) is 23.1 Å². The molecule has 0 saturated carbocycles. The van der Waals surface area contributed by atoms with Gasteiger partial charge in [-0.2, -0.15) is 0 Å². The third-order valence-electron chi connectivity index (χ3n) is 3.20. The summed E-state index contributed by atoms with van der Waals surface area (Å²) in [6.45, 7) is 1.61. The summed E-state index contributed by atoms with van der Waals surface area (Å²) in [6, 6.07) is 15.7. The van der Waals surface area contributed by atoms with Crippen molar-refractivity contribution in [2.24, 2.45) is 0 Å². The van der Waals surface area contributed by atoms with Gasteiger partial charge in [0.1, 0.15) is 0 Å². The van der Waals surface area contributed by atoms with Gasteiger partial charge in [0.2, 0.25) is 0 Å². The molecule has 2 aromatic carbocycles. The molecule has 0 aliphatic heterocycles. The van der Waals surface area contributed by atoms with Crippen molar-refractivity contribution in [3.05, 3.63) is 69.7 Å². The van der Waals surface area contributed by atoms with E-state index in [1.807, 2.05) is 36.4 Å². The van der Waals surface area contributed by atoms with Crippen molar-refractivity contribution < 1.29 is 9.53 Å². The van der Waals surface area contributed by atoms with Crippen molar-refractivity contribution in [3.8, 4) is 0 Å². The first-order chi connectivity index (χ1) is 10.1. The topological polar surface area (TPSA) is 29.5 Å². The number of carbonyl (C=O) groups excluding carboxylic acids is 1. The lowest BCUT2D eigenvalue weighted by molar-refractivity contribution is 0.0600. The van der Waals surface area contributed by atoms with Crippen LogP contribution in [0.15, 0.2) is 53.0 Å². The minimum atomic E-state index is -0.301. The van der Waals surface area contributed by atoms with Gasteiger partial charge in [-0.15, -0.1) is 0 Å². The highest BCUT2D eigenvalue weighted by molar-refractivity contribution is 9.10. The van der Waals surface area contributed by atoms with Crippen LogP contribution in [-0.4, -0.2) is 25.0 Å². The molecule has 110 valence electrons. The monoisotopic (exact) mass is 347 g/mol. The molecule has 2 aromatic rings. The Bertz CT molecular complexity index is 628. The van der Waals surface area contributed by atoms with E-state index in [2.05, 4.69) is 33.9 Å². The van der Waals surface area contributed by atoms with Crippen LogP contribution in [0.1, 0.15) is 21.5 Å². The number of hydrogen-bond donors (Lipinski definition) is 0. The summed E-state index contributed by atoms with van der Waals surface area (Å²) in [5.74, 6) is -0.301. The maximum absolute atomic E-state index is 11.5. The lowest BCUT2D eigenvalue weighted by Crippen LogP contribution is -2.17. The fourth-order valence-electron chi connectivity index (χ4n) is 2.20. The summed E-state index contributed by atoms with van der Waals surface area (Å²) in [7, 11) is 3.46. The second kappa shape index (κ2) is 7.38. The van der Waals surface area contributed by atoms with Gasteiger partial charge in [0.25, 0.3) is 0 Å². The van der Waals surface area contributed by atoms with Crippen LogP contribution in [0.5, 0.6) is 0 Å². The van der Waals surface area contributed by atoms with Crippen molar-refractivity contribution >= 4 is 21.9 Å². The molecular formula is C17H18BrNO2. The Balaban J connectivity index is 2.04. The molecule has 2 rings (SSSR count). The molecule has 3 nitrogen and oxygen atoms in total. The molecule has 0 atom stereocenters. The van der Waals surface area contributed by atoms with E-state index in [1.54, 1.807) is 6.07 Å². The highest BCUT2D eigenvalue weighted by Gasteiger charge is 2.08. The largest absolute Gasteiger partial charge is 0.465 e. The first-order valence-electron chi connectivity index (χ1n) is 6.69. The van der Waals surface area contributed by atoms with Gasteiger partial charge in [-0.1, -0.05) is 46.3 Å². The minimum absolute atomic E-state index is 0.301. The molecule has 0 aliphatic carbocycles. The van der Waals surface area contributed by atoms with Crippen molar-refractivity contribution in [3.63, 3.8) is 0 Å². The molecule has 4 heteroatoms. The molecule has 21 heavy (non-hydrogen) atoms. The SMILES string of the molecule is COC(=O)c1cccc(CN(C)Cc2ccccc2Br)c1. The van der Waals surface area contributed by atoms with Gasteiger partial charge in [-0.05, 0) is 36.4 Å². The van der Waals surface area contributed by atoms with Crippen LogP contribution >= 0.6 is 15.9 Å². The highest BCUT2D eigenvalue weighted by atomic mass is 79.9. The van der Waals surface area contributed by atoms with E-state index in [9.17, 15) is 4.79 Å². The van der Waals surface area contributed by atoms with E-state index in [-0.39, 0.29) is 5.97 Å². The fourth-order valence-corrected chi connectivity index (χ4v) is 2.61. The van der Waals surface area contributed by atoms with E-state index < -0.39 is 0 Å². The van der Waals surface area contributed by atoms with E-state index in [4.69, 9.17) is 4.74 Å². The fraction of sp³-hybridized carbons (Fsp3) is 0.235. The van der Waals surface area contributed by atoms with Gasteiger partial charge in [-0.25, -0.2) is 4.79 Å². The zero-order valence-corrected chi connectivity index (χ0v) is 13.8. The number of halogens is 1. The Kier molecular flexibility index (Phi) is 5.53. The quantitative estimate of drug-likeness (QED) is 0.769. The number of methoxy groups -OCH3 is 1. The molecule has 0 radical (unpaired) electrons. The molecule has 0 aliphatic rings. The van der Waals surface area contributed by atoms with Crippen LogP contribution in [0.3, 0.4) is 0 Å². The molecular weight excluding hydrogens is 330 g/mol. The summed E-state index contributed by atoms with van der Waals surface area (Å²) >= 11 is 3.56. The standard InChI is InChI=1S/C17H18BrNO2/c1-19(12-15-7-3-4-9-16(15)18)11-13-6-5-8-14(10-13)17(20)21-2/h3-10H,11-12H2,1-2H3. The molecule has 0 saturated heterocycles. The Morgan fingerprint density at radius 1 is 1.14 bits per heavy atom. The van der Waals surface area contributed by atoms with Gasteiger partial charge >= 0.3 is 5.97 Å². The van der Waals surface area contributed by atoms with E-state index in [0.29, 0.717) is 5.56 Å². The number of nitrogens with zero attached hydrogens (tertiary/aromatic N) is 1. The van der Waals surface area contributed by atoms with Crippen molar-refractivity contribution in [2.75, 3.05) is 14.2 Å². The number of benzene rings is 2. The Labute approximate surface area is 133 Å². The van der Waals surface area contributed by atoms with Gasteiger partial charge in [-0.3, -0.25) is 4.90 Å². The summed E-state index contributed by atoms with van der Waals surface area (Å²) in [5.41, 5.74) is 2.92. The summed E-state index contributed by atoms with van der Waals surface area (Å²) in [5, 5.41) is 0. The molecule has 0 unspecified atom stereocenters. The van der Waals surface area contributed by atoms with Crippen LogP contribution in [0.25, 0.3) is 0 Å². The lowest BCUT2D eigenvalue weighted by Gasteiger charge is -2.18.